The van der Waals surface area contributed by atoms with Gasteiger partial charge in [0.1, 0.15) is 12.4 Å². The number of carbonyl (C=O) groups excluding carboxylic acids is 2. The van der Waals surface area contributed by atoms with Crippen LogP contribution in [0.5, 0.6) is 0 Å². The minimum absolute atomic E-state index is 0.0488. The Kier molecular flexibility index (Phi) is 9.33. The molecule has 194 valence electrons. The maximum atomic E-state index is 13.1. The van der Waals surface area contributed by atoms with Gasteiger partial charge in [-0.2, -0.15) is 0 Å². The van der Waals surface area contributed by atoms with E-state index >= 15 is 0 Å². The molecular weight excluding hydrogens is 450 g/mol. The van der Waals surface area contributed by atoms with Crippen LogP contribution in [0, 0.1) is 29.6 Å². The quantitative estimate of drug-likeness (QED) is 0.389. The molecule has 2 fully saturated rings. The summed E-state index contributed by atoms with van der Waals surface area (Å²) in [5.74, 6) is 1.78. The Morgan fingerprint density at radius 1 is 1.00 bits per heavy atom. The Bertz CT molecular complexity index is 977. The molecule has 36 heavy (non-hydrogen) atoms. The average molecular weight is 492 g/mol. The van der Waals surface area contributed by atoms with Crippen LogP contribution in [0.1, 0.15) is 57.9 Å². The molecule has 2 aromatic rings. The summed E-state index contributed by atoms with van der Waals surface area (Å²) in [6.07, 6.45) is 4.70. The lowest BCUT2D eigenvalue weighted by Gasteiger charge is -2.23. The van der Waals surface area contributed by atoms with Crippen molar-refractivity contribution in [1.29, 1.82) is 0 Å². The Balaban J connectivity index is 1.25. The minimum atomic E-state index is -0.469. The van der Waals surface area contributed by atoms with Gasteiger partial charge in [0.2, 0.25) is 0 Å². The van der Waals surface area contributed by atoms with E-state index in [4.69, 9.17) is 4.74 Å². The molecule has 0 unspecified atom stereocenters. The molecule has 1 amide bonds. The predicted molar refractivity (Wildman–Crippen MR) is 142 cm³/mol. The summed E-state index contributed by atoms with van der Waals surface area (Å²) in [5, 5.41) is 10.6. The summed E-state index contributed by atoms with van der Waals surface area (Å²) < 4.78 is 5.87. The maximum Gasteiger partial charge on any atom is 0.253 e. The molecule has 0 heterocycles. The lowest BCUT2D eigenvalue weighted by molar-refractivity contribution is -0.127. The number of ether oxygens (including phenoxy) is 1. The number of para-hydroxylation sites is 1. The van der Waals surface area contributed by atoms with Gasteiger partial charge in [-0.15, -0.1) is 0 Å². The fraction of sp³-hybridized carbons (Fsp3) is 0.548. The SMILES string of the molecule is CC(C)CCC(=O)[C@@H]1[C@@H]2C[C@@H](CCOCC(=O)N(Cc3ccccc3)c3ccccc3)C[C@H]2C[C@H]1O. The number of anilines is 1. The number of amides is 1. The van der Waals surface area contributed by atoms with Gasteiger partial charge in [0.15, 0.2) is 0 Å². The summed E-state index contributed by atoms with van der Waals surface area (Å²) in [7, 11) is 0. The fourth-order valence-electron chi connectivity index (χ4n) is 6.20. The second-order valence-electron chi connectivity index (χ2n) is 11.1. The van der Waals surface area contributed by atoms with Gasteiger partial charge >= 0.3 is 0 Å². The van der Waals surface area contributed by atoms with Gasteiger partial charge in [-0.25, -0.2) is 0 Å². The van der Waals surface area contributed by atoms with Crippen molar-refractivity contribution in [2.75, 3.05) is 18.1 Å². The number of aliphatic hydroxyl groups excluding tert-OH is 1. The number of Topliss-reactive ketones (excluding diaryl/α,β-unsaturated/α-hetero) is 1. The molecule has 2 saturated carbocycles. The first-order chi connectivity index (χ1) is 17.4. The van der Waals surface area contributed by atoms with Crippen molar-refractivity contribution in [2.45, 2.75) is 65.0 Å². The van der Waals surface area contributed by atoms with Crippen molar-refractivity contribution in [3.63, 3.8) is 0 Å². The summed E-state index contributed by atoms with van der Waals surface area (Å²) in [5.41, 5.74) is 1.94. The first-order valence-corrected chi connectivity index (χ1v) is 13.6. The zero-order chi connectivity index (χ0) is 25.5. The van der Waals surface area contributed by atoms with Crippen molar-refractivity contribution in [3.8, 4) is 0 Å². The summed E-state index contributed by atoms with van der Waals surface area (Å²) in [4.78, 5) is 27.7. The molecule has 4 rings (SSSR count). The Labute approximate surface area is 215 Å². The van der Waals surface area contributed by atoms with E-state index in [1.807, 2.05) is 60.7 Å². The number of nitrogens with zero attached hydrogens (tertiary/aromatic N) is 1. The number of ketones is 1. The maximum absolute atomic E-state index is 13.1. The summed E-state index contributed by atoms with van der Waals surface area (Å²) >= 11 is 0. The third-order valence-electron chi connectivity index (χ3n) is 8.06. The number of fused-ring (bicyclic) bond motifs is 1. The Hall–Kier alpha value is -2.50. The van der Waals surface area contributed by atoms with Crippen LogP contribution < -0.4 is 4.90 Å². The highest BCUT2D eigenvalue weighted by Crippen LogP contribution is 2.51. The molecule has 0 spiro atoms. The Morgan fingerprint density at radius 2 is 1.69 bits per heavy atom. The molecular formula is C31H41NO4. The average Bonchev–Trinajstić information content (AvgIpc) is 3.40. The molecule has 2 aromatic carbocycles. The van der Waals surface area contributed by atoms with Crippen LogP contribution in [-0.2, 0) is 20.9 Å². The predicted octanol–water partition coefficient (Wildman–Crippen LogP) is 5.66. The van der Waals surface area contributed by atoms with E-state index in [1.165, 1.54) is 0 Å². The smallest absolute Gasteiger partial charge is 0.253 e. The van der Waals surface area contributed by atoms with Crippen LogP contribution in [0.4, 0.5) is 5.69 Å². The van der Waals surface area contributed by atoms with E-state index in [0.717, 1.165) is 43.4 Å². The molecule has 5 atom stereocenters. The monoisotopic (exact) mass is 491 g/mol. The number of benzene rings is 2. The lowest BCUT2D eigenvalue weighted by Crippen LogP contribution is -2.33. The highest BCUT2D eigenvalue weighted by Gasteiger charge is 2.50. The second-order valence-corrected chi connectivity index (χ2v) is 11.1. The zero-order valence-electron chi connectivity index (χ0n) is 21.7. The van der Waals surface area contributed by atoms with E-state index in [-0.39, 0.29) is 24.2 Å². The van der Waals surface area contributed by atoms with Gasteiger partial charge in [0.05, 0.1) is 12.6 Å². The second kappa shape index (κ2) is 12.6. The highest BCUT2D eigenvalue weighted by molar-refractivity contribution is 5.94. The van der Waals surface area contributed by atoms with Gasteiger partial charge in [-0.05, 0) is 73.5 Å². The summed E-state index contributed by atoms with van der Waals surface area (Å²) in [6, 6.07) is 19.7. The normalized spacial score (nSPS) is 25.2. The van der Waals surface area contributed by atoms with Gasteiger partial charge < -0.3 is 14.7 Å². The van der Waals surface area contributed by atoms with Gasteiger partial charge in [0, 0.05) is 24.6 Å². The van der Waals surface area contributed by atoms with Crippen LogP contribution in [0.15, 0.2) is 60.7 Å². The largest absolute Gasteiger partial charge is 0.392 e. The highest BCUT2D eigenvalue weighted by atomic mass is 16.5. The van der Waals surface area contributed by atoms with Crippen LogP contribution in [0.25, 0.3) is 0 Å². The number of aliphatic hydroxyl groups is 1. The zero-order valence-corrected chi connectivity index (χ0v) is 21.7. The molecule has 0 radical (unpaired) electrons. The molecule has 0 aliphatic heterocycles. The molecule has 5 nitrogen and oxygen atoms in total. The van der Waals surface area contributed by atoms with Gasteiger partial charge in [-0.3, -0.25) is 9.59 Å². The molecule has 5 heteroatoms. The third kappa shape index (κ3) is 6.83. The van der Waals surface area contributed by atoms with E-state index in [0.29, 0.717) is 43.2 Å². The van der Waals surface area contributed by atoms with Crippen LogP contribution in [0.3, 0.4) is 0 Å². The van der Waals surface area contributed by atoms with Crippen molar-refractivity contribution >= 4 is 17.4 Å². The van der Waals surface area contributed by atoms with E-state index in [9.17, 15) is 14.7 Å². The van der Waals surface area contributed by atoms with E-state index in [2.05, 4.69) is 13.8 Å². The number of hydrogen-bond donors (Lipinski definition) is 1. The first kappa shape index (κ1) is 26.6. The Morgan fingerprint density at radius 3 is 2.39 bits per heavy atom. The topological polar surface area (TPSA) is 66.8 Å². The van der Waals surface area contributed by atoms with Crippen molar-refractivity contribution in [3.05, 3.63) is 66.2 Å². The van der Waals surface area contributed by atoms with E-state index in [1.54, 1.807) is 4.90 Å². The van der Waals surface area contributed by atoms with Crippen molar-refractivity contribution in [2.24, 2.45) is 29.6 Å². The molecule has 1 N–H and O–H groups in total. The minimum Gasteiger partial charge on any atom is -0.392 e. The number of hydrogen-bond acceptors (Lipinski definition) is 4. The van der Waals surface area contributed by atoms with Crippen LogP contribution in [0.2, 0.25) is 0 Å². The van der Waals surface area contributed by atoms with Crippen LogP contribution >= 0.6 is 0 Å². The third-order valence-corrected chi connectivity index (χ3v) is 8.06. The van der Waals surface area contributed by atoms with Crippen molar-refractivity contribution < 1.29 is 19.4 Å². The van der Waals surface area contributed by atoms with E-state index < -0.39 is 6.10 Å². The molecule has 2 aliphatic carbocycles. The molecule has 0 aromatic heterocycles. The van der Waals surface area contributed by atoms with Gasteiger partial charge in [-0.1, -0.05) is 62.4 Å². The summed E-state index contributed by atoms with van der Waals surface area (Å²) in [6.45, 7) is 5.37. The lowest BCUT2D eigenvalue weighted by atomic mass is 9.84. The molecule has 0 saturated heterocycles. The number of carbonyl (C=O) groups is 2. The standard InChI is InChI=1S/C31H41NO4/c1-22(2)13-14-28(33)31-27-18-24(17-25(27)19-29(31)34)15-16-36-21-30(35)32(26-11-7-4-8-12-26)20-23-9-5-3-6-10-23/h3-12,22,24-25,27,29,31,34H,13-21H2,1-2H3/t24-,25-,27+,29+,31-/m0/s1. The van der Waals surface area contributed by atoms with Crippen molar-refractivity contribution in [1.82, 2.24) is 0 Å². The molecule has 2 aliphatic rings. The fourth-order valence-corrected chi connectivity index (χ4v) is 6.20. The van der Waals surface area contributed by atoms with Gasteiger partial charge in [0.25, 0.3) is 5.91 Å². The molecule has 0 bridgehead atoms. The number of rotatable bonds is 12. The first-order valence-electron chi connectivity index (χ1n) is 13.6. The van der Waals surface area contributed by atoms with Crippen LogP contribution in [-0.4, -0.2) is 36.1 Å².